The lowest BCUT2D eigenvalue weighted by atomic mass is 10.0. The SMILES string of the molecule is COc1cc(Br)c(OC)c(C2(N=C=O)CC2)c1OC. The summed E-state index contributed by atoms with van der Waals surface area (Å²) in [6, 6.07) is 1.77. The second kappa shape index (κ2) is 5.23. The molecule has 0 bridgehead atoms. The summed E-state index contributed by atoms with van der Waals surface area (Å²) in [4.78, 5) is 14.6. The summed E-state index contributed by atoms with van der Waals surface area (Å²) in [6.07, 6.45) is 3.15. The predicted molar refractivity (Wildman–Crippen MR) is 72.8 cm³/mol. The summed E-state index contributed by atoms with van der Waals surface area (Å²) in [7, 11) is 4.68. The molecule has 0 aliphatic heterocycles. The number of benzene rings is 1. The van der Waals surface area contributed by atoms with Crippen molar-refractivity contribution < 1.29 is 19.0 Å². The van der Waals surface area contributed by atoms with E-state index in [1.165, 1.54) is 0 Å². The van der Waals surface area contributed by atoms with E-state index in [-0.39, 0.29) is 0 Å². The van der Waals surface area contributed by atoms with Crippen molar-refractivity contribution in [3.63, 3.8) is 0 Å². The molecule has 2 rings (SSSR count). The fourth-order valence-corrected chi connectivity index (χ4v) is 2.76. The van der Waals surface area contributed by atoms with E-state index in [1.54, 1.807) is 33.5 Å². The van der Waals surface area contributed by atoms with Gasteiger partial charge in [-0.1, -0.05) is 0 Å². The van der Waals surface area contributed by atoms with Crippen molar-refractivity contribution in [3.8, 4) is 17.2 Å². The van der Waals surface area contributed by atoms with Gasteiger partial charge in [0.05, 0.1) is 31.4 Å². The molecule has 1 aromatic rings. The average Bonchev–Trinajstić information content (AvgIpc) is 3.18. The summed E-state index contributed by atoms with van der Waals surface area (Å²) in [5.74, 6) is 1.71. The van der Waals surface area contributed by atoms with Gasteiger partial charge >= 0.3 is 0 Å². The zero-order chi connectivity index (χ0) is 14.0. The summed E-state index contributed by atoms with van der Waals surface area (Å²) < 4.78 is 16.9. The van der Waals surface area contributed by atoms with Gasteiger partial charge in [0.1, 0.15) is 11.3 Å². The Balaban J connectivity index is 2.75. The molecule has 1 aromatic carbocycles. The molecule has 1 aliphatic carbocycles. The van der Waals surface area contributed by atoms with Crippen molar-refractivity contribution in [1.82, 2.24) is 0 Å². The van der Waals surface area contributed by atoms with Crippen LogP contribution >= 0.6 is 15.9 Å². The van der Waals surface area contributed by atoms with Gasteiger partial charge in [0, 0.05) is 6.07 Å². The topological polar surface area (TPSA) is 57.1 Å². The average molecular weight is 328 g/mol. The Morgan fingerprint density at radius 1 is 1.21 bits per heavy atom. The number of nitrogens with zero attached hydrogens (tertiary/aromatic N) is 1. The molecule has 0 atom stereocenters. The van der Waals surface area contributed by atoms with Crippen LogP contribution in [0.15, 0.2) is 15.5 Å². The fourth-order valence-electron chi connectivity index (χ4n) is 2.19. The van der Waals surface area contributed by atoms with E-state index >= 15 is 0 Å². The molecule has 19 heavy (non-hydrogen) atoms. The highest BCUT2D eigenvalue weighted by molar-refractivity contribution is 9.10. The Hall–Kier alpha value is -1.52. The quantitative estimate of drug-likeness (QED) is 0.616. The predicted octanol–water partition coefficient (Wildman–Crippen LogP) is 2.80. The van der Waals surface area contributed by atoms with Crippen LogP contribution in [0, 0.1) is 0 Å². The molecule has 0 radical (unpaired) electrons. The van der Waals surface area contributed by atoms with Gasteiger partial charge in [-0.3, -0.25) is 0 Å². The first kappa shape index (κ1) is 13.9. The number of halogens is 1. The minimum absolute atomic E-state index is 0.541. The van der Waals surface area contributed by atoms with E-state index in [0.29, 0.717) is 17.2 Å². The third kappa shape index (κ3) is 2.22. The molecule has 1 fully saturated rings. The Bertz CT molecular complexity index is 548. The number of methoxy groups -OCH3 is 3. The zero-order valence-corrected chi connectivity index (χ0v) is 12.5. The lowest BCUT2D eigenvalue weighted by Crippen LogP contribution is -2.09. The van der Waals surface area contributed by atoms with Crippen LogP contribution < -0.4 is 14.2 Å². The number of ether oxygens (including phenoxy) is 3. The molecule has 0 aromatic heterocycles. The Kier molecular flexibility index (Phi) is 3.83. The van der Waals surface area contributed by atoms with Crippen molar-refractivity contribution in [2.24, 2.45) is 4.99 Å². The van der Waals surface area contributed by atoms with Gasteiger partial charge < -0.3 is 14.2 Å². The van der Waals surface area contributed by atoms with E-state index < -0.39 is 5.54 Å². The molecule has 0 unspecified atom stereocenters. The Labute approximate surface area is 119 Å². The maximum Gasteiger partial charge on any atom is 0.235 e. The van der Waals surface area contributed by atoms with Crippen LogP contribution in [-0.4, -0.2) is 27.4 Å². The fraction of sp³-hybridized carbons (Fsp3) is 0.462. The summed E-state index contributed by atoms with van der Waals surface area (Å²) in [5.41, 5.74) is 0.127. The van der Waals surface area contributed by atoms with E-state index in [9.17, 15) is 4.79 Å². The molecule has 0 N–H and O–H groups in total. The molecule has 6 heteroatoms. The van der Waals surface area contributed by atoms with Crippen molar-refractivity contribution in [2.75, 3.05) is 21.3 Å². The molecule has 0 spiro atoms. The van der Waals surface area contributed by atoms with E-state index in [0.717, 1.165) is 22.9 Å². The first-order valence-corrected chi connectivity index (χ1v) is 6.50. The van der Waals surface area contributed by atoms with Gasteiger partial charge in [-0.15, -0.1) is 0 Å². The van der Waals surface area contributed by atoms with Crippen molar-refractivity contribution in [1.29, 1.82) is 0 Å². The third-order valence-corrected chi connectivity index (χ3v) is 3.82. The molecule has 1 aliphatic rings. The van der Waals surface area contributed by atoms with Crippen molar-refractivity contribution in [3.05, 3.63) is 16.1 Å². The first-order valence-electron chi connectivity index (χ1n) is 5.71. The van der Waals surface area contributed by atoms with Gasteiger partial charge in [0.15, 0.2) is 11.5 Å². The van der Waals surface area contributed by atoms with Gasteiger partial charge in [-0.25, -0.2) is 4.79 Å². The molecule has 0 heterocycles. The number of carbonyl (C=O) groups excluding carboxylic acids is 1. The largest absolute Gasteiger partial charge is 0.495 e. The second-order valence-corrected chi connectivity index (χ2v) is 5.09. The van der Waals surface area contributed by atoms with Crippen LogP contribution in [-0.2, 0) is 10.3 Å². The Morgan fingerprint density at radius 2 is 1.84 bits per heavy atom. The number of isocyanates is 1. The highest BCUT2D eigenvalue weighted by Crippen LogP contribution is 2.59. The maximum atomic E-state index is 10.7. The van der Waals surface area contributed by atoms with Gasteiger partial charge in [-0.05, 0) is 28.8 Å². The minimum Gasteiger partial charge on any atom is -0.495 e. The van der Waals surface area contributed by atoms with Crippen LogP contribution in [0.25, 0.3) is 0 Å². The van der Waals surface area contributed by atoms with Crippen LogP contribution in [0.3, 0.4) is 0 Å². The van der Waals surface area contributed by atoms with Crippen molar-refractivity contribution in [2.45, 2.75) is 18.4 Å². The van der Waals surface area contributed by atoms with Crippen LogP contribution in [0.1, 0.15) is 18.4 Å². The maximum absolute atomic E-state index is 10.7. The van der Waals surface area contributed by atoms with E-state index in [1.807, 2.05) is 0 Å². The van der Waals surface area contributed by atoms with Gasteiger partial charge in [0.2, 0.25) is 6.08 Å². The second-order valence-electron chi connectivity index (χ2n) is 4.24. The molecule has 1 saturated carbocycles. The normalized spacial score (nSPS) is 15.4. The van der Waals surface area contributed by atoms with Crippen molar-refractivity contribution >= 4 is 22.0 Å². The molecule has 102 valence electrons. The van der Waals surface area contributed by atoms with Crippen LogP contribution in [0.5, 0.6) is 17.2 Å². The number of hydrogen-bond acceptors (Lipinski definition) is 5. The highest BCUT2D eigenvalue weighted by Gasteiger charge is 2.50. The zero-order valence-electron chi connectivity index (χ0n) is 10.9. The number of rotatable bonds is 5. The van der Waals surface area contributed by atoms with E-state index in [4.69, 9.17) is 14.2 Å². The summed E-state index contributed by atoms with van der Waals surface area (Å²) in [6.45, 7) is 0. The molecular weight excluding hydrogens is 314 g/mol. The van der Waals surface area contributed by atoms with Gasteiger partial charge in [-0.2, -0.15) is 4.99 Å². The molecular formula is C13H14BrNO4. The molecule has 5 nitrogen and oxygen atoms in total. The number of aliphatic imine (C=N–C) groups is 1. The van der Waals surface area contributed by atoms with Crippen LogP contribution in [0.2, 0.25) is 0 Å². The van der Waals surface area contributed by atoms with Crippen LogP contribution in [0.4, 0.5) is 0 Å². The lowest BCUT2D eigenvalue weighted by Gasteiger charge is -2.20. The minimum atomic E-state index is -0.602. The number of hydrogen-bond donors (Lipinski definition) is 0. The monoisotopic (exact) mass is 327 g/mol. The van der Waals surface area contributed by atoms with Gasteiger partial charge in [0.25, 0.3) is 0 Å². The highest BCUT2D eigenvalue weighted by atomic mass is 79.9. The standard InChI is InChI=1S/C13H14BrNO4/c1-17-9-6-8(14)11(18-2)10(12(9)19-3)13(4-5-13)15-7-16/h6H,4-5H2,1-3H3. The summed E-state index contributed by atoms with van der Waals surface area (Å²) in [5, 5.41) is 0. The van der Waals surface area contributed by atoms with E-state index in [2.05, 4.69) is 20.9 Å². The molecule has 0 saturated heterocycles. The molecule has 0 amide bonds. The lowest BCUT2D eigenvalue weighted by molar-refractivity contribution is 0.338. The first-order chi connectivity index (χ1) is 9.13. The summed E-state index contributed by atoms with van der Waals surface area (Å²) >= 11 is 3.43. The Morgan fingerprint density at radius 3 is 2.26 bits per heavy atom. The smallest absolute Gasteiger partial charge is 0.235 e. The third-order valence-electron chi connectivity index (χ3n) is 3.23.